The third kappa shape index (κ3) is 5.49. The highest BCUT2D eigenvalue weighted by Crippen LogP contribution is 2.43. The predicted molar refractivity (Wildman–Crippen MR) is 99.7 cm³/mol. The number of benzene rings is 1. The van der Waals surface area contributed by atoms with E-state index < -0.39 is 11.7 Å². The Kier molecular flexibility index (Phi) is 9.02. The molecular formula is C18H27Cl2F3N2. The van der Waals surface area contributed by atoms with Gasteiger partial charge in [-0.15, -0.1) is 24.8 Å². The molecule has 1 aromatic carbocycles. The van der Waals surface area contributed by atoms with Crippen molar-refractivity contribution in [3.8, 4) is 0 Å². The van der Waals surface area contributed by atoms with Gasteiger partial charge in [-0.05, 0) is 30.4 Å². The SMILES string of the molecule is Cl.Cl.FC(F)(F)c1ccccc1[C@@H](C1CCCCC1)N1CCNCC1. The van der Waals surface area contributed by atoms with Crippen LogP contribution in [0.4, 0.5) is 13.2 Å². The van der Waals surface area contributed by atoms with Gasteiger partial charge in [-0.1, -0.05) is 37.5 Å². The van der Waals surface area contributed by atoms with Gasteiger partial charge in [0.05, 0.1) is 5.56 Å². The standard InChI is InChI=1S/C18H25F3N2.2ClH/c19-18(20,21)16-9-5-4-8-15(16)17(14-6-2-1-3-7-14)23-12-10-22-11-13-23;;/h4-5,8-9,14,17,22H,1-3,6-7,10-13H2;2*1H/t17-;;/m1../s1. The molecule has 144 valence electrons. The minimum Gasteiger partial charge on any atom is -0.314 e. The highest BCUT2D eigenvalue weighted by molar-refractivity contribution is 5.85. The summed E-state index contributed by atoms with van der Waals surface area (Å²) in [5.74, 6) is 0.338. The summed E-state index contributed by atoms with van der Waals surface area (Å²) in [5, 5.41) is 3.30. The lowest BCUT2D eigenvalue weighted by Gasteiger charge is -2.42. The maximum Gasteiger partial charge on any atom is 0.416 e. The highest BCUT2D eigenvalue weighted by Gasteiger charge is 2.39. The summed E-state index contributed by atoms with van der Waals surface area (Å²) in [7, 11) is 0. The summed E-state index contributed by atoms with van der Waals surface area (Å²) in [6.45, 7) is 3.37. The maximum atomic E-state index is 13.5. The number of hydrogen-bond donors (Lipinski definition) is 1. The molecule has 3 rings (SSSR count). The van der Waals surface area contributed by atoms with Crippen molar-refractivity contribution in [2.75, 3.05) is 26.2 Å². The van der Waals surface area contributed by atoms with Crippen LogP contribution in [0, 0.1) is 5.92 Å². The zero-order chi connectivity index (χ0) is 16.3. The third-order valence-electron chi connectivity index (χ3n) is 5.23. The summed E-state index contributed by atoms with van der Waals surface area (Å²) in [6, 6.07) is 6.09. The van der Waals surface area contributed by atoms with Crippen molar-refractivity contribution >= 4 is 24.8 Å². The molecule has 0 amide bonds. The van der Waals surface area contributed by atoms with Crippen LogP contribution in [0.3, 0.4) is 0 Å². The normalized spacial score (nSPS) is 21.1. The summed E-state index contributed by atoms with van der Waals surface area (Å²) < 4.78 is 40.5. The van der Waals surface area contributed by atoms with Crippen molar-refractivity contribution in [3.05, 3.63) is 35.4 Å². The van der Waals surface area contributed by atoms with Crippen LogP contribution in [-0.2, 0) is 6.18 Å². The maximum absolute atomic E-state index is 13.5. The van der Waals surface area contributed by atoms with E-state index in [-0.39, 0.29) is 30.9 Å². The molecule has 25 heavy (non-hydrogen) atoms. The van der Waals surface area contributed by atoms with E-state index in [4.69, 9.17) is 0 Å². The van der Waals surface area contributed by atoms with Gasteiger partial charge in [0.1, 0.15) is 0 Å². The Hall–Kier alpha value is -0.490. The second-order valence-corrected chi connectivity index (χ2v) is 6.71. The van der Waals surface area contributed by atoms with Crippen LogP contribution in [0.5, 0.6) is 0 Å². The first-order valence-corrected chi connectivity index (χ1v) is 8.68. The van der Waals surface area contributed by atoms with Crippen LogP contribution in [0.25, 0.3) is 0 Å². The fourth-order valence-electron chi connectivity index (χ4n) is 4.17. The number of nitrogens with zero attached hydrogens (tertiary/aromatic N) is 1. The second kappa shape index (κ2) is 10.0. The number of rotatable bonds is 3. The predicted octanol–water partition coefficient (Wildman–Crippen LogP) is 5.08. The lowest BCUT2D eigenvalue weighted by atomic mass is 9.79. The molecule has 2 nitrogen and oxygen atoms in total. The minimum atomic E-state index is -4.28. The third-order valence-corrected chi connectivity index (χ3v) is 5.23. The van der Waals surface area contributed by atoms with Gasteiger partial charge in [0.25, 0.3) is 0 Å². The Morgan fingerprint density at radius 2 is 1.56 bits per heavy atom. The molecule has 1 aliphatic carbocycles. The number of piperazine rings is 1. The Balaban J connectivity index is 0.00000156. The van der Waals surface area contributed by atoms with Gasteiger partial charge in [-0.25, -0.2) is 0 Å². The van der Waals surface area contributed by atoms with Gasteiger partial charge in [-0.3, -0.25) is 4.90 Å². The van der Waals surface area contributed by atoms with E-state index in [9.17, 15) is 13.2 Å². The van der Waals surface area contributed by atoms with Crippen LogP contribution in [0.15, 0.2) is 24.3 Å². The van der Waals surface area contributed by atoms with Crippen molar-refractivity contribution in [2.24, 2.45) is 5.92 Å². The molecular weight excluding hydrogens is 372 g/mol. The molecule has 0 bridgehead atoms. The van der Waals surface area contributed by atoms with E-state index in [1.165, 1.54) is 18.6 Å². The van der Waals surface area contributed by atoms with Crippen molar-refractivity contribution in [1.29, 1.82) is 0 Å². The van der Waals surface area contributed by atoms with E-state index in [2.05, 4.69) is 10.2 Å². The molecule has 1 atom stereocenters. The first-order chi connectivity index (χ1) is 11.1. The van der Waals surface area contributed by atoms with Crippen LogP contribution >= 0.6 is 24.8 Å². The zero-order valence-corrected chi connectivity index (χ0v) is 15.9. The van der Waals surface area contributed by atoms with Crippen LogP contribution in [0.2, 0.25) is 0 Å². The van der Waals surface area contributed by atoms with Crippen LogP contribution < -0.4 is 5.32 Å². The van der Waals surface area contributed by atoms with Crippen molar-refractivity contribution in [1.82, 2.24) is 10.2 Å². The van der Waals surface area contributed by atoms with Crippen LogP contribution in [-0.4, -0.2) is 31.1 Å². The molecule has 7 heteroatoms. The summed E-state index contributed by atoms with van der Waals surface area (Å²) in [6.07, 6.45) is 1.30. The number of hydrogen-bond acceptors (Lipinski definition) is 2. The molecule has 2 fully saturated rings. The van der Waals surface area contributed by atoms with E-state index in [0.717, 1.165) is 51.9 Å². The van der Waals surface area contributed by atoms with E-state index >= 15 is 0 Å². The van der Waals surface area contributed by atoms with Crippen molar-refractivity contribution in [3.63, 3.8) is 0 Å². The van der Waals surface area contributed by atoms with E-state index in [0.29, 0.717) is 11.5 Å². The summed E-state index contributed by atoms with van der Waals surface area (Å²) in [5.41, 5.74) is 0.0305. The van der Waals surface area contributed by atoms with Gasteiger partial charge in [0.2, 0.25) is 0 Å². The van der Waals surface area contributed by atoms with Crippen molar-refractivity contribution in [2.45, 2.75) is 44.3 Å². The monoisotopic (exact) mass is 398 g/mol. The zero-order valence-electron chi connectivity index (χ0n) is 14.2. The Morgan fingerprint density at radius 1 is 0.960 bits per heavy atom. The summed E-state index contributed by atoms with van der Waals surface area (Å²) >= 11 is 0. The summed E-state index contributed by atoms with van der Waals surface area (Å²) in [4.78, 5) is 2.27. The van der Waals surface area contributed by atoms with E-state index in [1.807, 2.05) is 0 Å². The fourth-order valence-corrected chi connectivity index (χ4v) is 4.17. The first-order valence-electron chi connectivity index (χ1n) is 8.68. The lowest BCUT2D eigenvalue weighted by molar-refractivity contribution is -0.139. The number of nitrogens with one attached hydrogen (secondary N) is 1. The molecule has 1 aliphatic heterocycles. The molecule has 1 saturated heterocycles. The lowest BCUT2D eigenvalue weighted by Crippen LogP contribution is -2.47. The van der Waals surface area contributed by atoms with Gasteiger partial charge >= 0.3 is 6.18 Å². The smallest absolute Gasteiger partial charge is 0.314 e. The Morgan fingerprint density at radius 3 is 2.16 bits per heavy atom. The Bertz CT molecular complexity index is 495. The van der Waals surface area contributed by atoms with E-state index in [1.54, 1.807) is 12.1 Å². The molecule has 0 radical (unpaired) electrons. The van der Waals surface area contributed by atoms with Gasteiger partial charge < -0.3 is 5.32 Å². The molecule has 0 aromatic heterocycles. The van der Waals surface area contributed by atoms with Gasteiger partial charge in [-0.2, -0.15) is 13.2 Å². The number of alkyl halides is 3. The van der Waals surface area contributed by atoms with Gasteiger partial charge in [0, 0.05) is 32.2 Å². The molecule has 2 aliphatic rings. The molecule has 0 unspecified atom stereocenters. The second-order valence-electron chi connectivity index (χ2n) is 6.71. The topological polar surface area (TPSA) is 15.3 Å². The highest BCUT2D eigenvalue weighted by atomic mass is 35.5. The minimum absolute atomic E-state index is 0. The Labute approximate surface area is 160 Å². The number of halogens is 5. The van der Waals surface area contributed by atoms with Crippen molar-refractivity contribution < 1.29 is 13.2 Å². The molecule has 1 aromatic rings. The first kappa shape index (κ1) is 22.6. The van der Waals surface area contributed by atoms with Gasteiger partial charge in [0.15, 0.2) is 0 Å². The largest absolute Gasteiger partial charge is 0.416 e. The molecule has 1 saturated carbocycles. The quantitative estimate of drug-likeness (QED) is 0.763. The fraction of sp³-hybridized carbons (Fsp3) is 0.667. The average Bonchev–Trinajstić information content (AvgIpc) is 2.57. The molecule has 1 N–H and O–H groups in total. The average molecular weight is 399 g/mol. The molecule has 0 spiro atoms. The van der Waals surface area contributed by atoms with Crippen LogP contribution in [0.1, 0.15) is 49.3 Å². The molecule has 1 heterocycles.